The molecule has 0 heterocycles. The molecule has 2 N–H and O–H groups in total. The molecule has 0 rings (SSSR count). The van der Waals surface area contributed by atoms with Gasteiger partial charge in [-0.1, -0.05) is 70.4 Å². The van der Waals surface area contributed by atoms with Gasteiger partial charge in [0.25, 0.3) is 0 Å². The van der Waals surface area contributed by atoms with E-state index in [1.165, 1.54) is 89.9 Å². The zero-order chi connectivity index (χ0) is 19.3. The van der Waals surface area contributed by atoms with Crippen molar-refractivity contribution in [2.45, 2.75) is 96.8 Å². The number of aliphatic hydroxyl groups excluding tert-OH is 2. The fraction of sp³-hybridized carbons (Fsp3) is 0.913. The highest BCUT2D eigenvalue weighted by molar-refractivity contribution is 4.81. The molecular formula is C23H48ClNO2. The Morgan fingerprint density at radius 2 is 1.00 bits per heavy atom. The van der Waals surface area contributed by atoms with Crippen LogP contribution in [0.2, 0.25) is 0 Å². The maximum absolute atomic E-state index is 9.16. The smallest absolute Gasteiger partial charge is 0.102 e. The first kappa shape index (κ1) is 29.1. The van der Waals surface area contributed by atoms with Gasteiger partial charge in [-0.05, 0) is 38.5 Å². The lowest BCUT2D eigenvalue weighted by atomic mass is 10.1. The predicted molar refractivity (Wildman–Crippen MR) is 114 cm³/mol. The molecule has 4 heteroatoms. The molecule has 0 aliphatic carbocycles. The molecule has 0 radical (unpaired) electrons. The van der Waals surface area contributed by atoms with E-state index in [1.54, 1.807) is 0 Å². The molecule has 3 nitrogen and oxygen atoms in total. The van der Waals surface area contributed by atoms with E-state index >= 15 is 0 Å². The number of nitrogens with zero attached hydrogens (tertiary/aromatic N) is 1. The van der Waals surface area contributed by atoms with Crippen LogP contribution in [0, 0.1) is 0 Å². The molecule has 0 saturated heterocycles. The zero-order valence-corrected chi connectivity index (χ0v) is 19.1. The van der Waals surface area contributed by atoms with Gasteiger partial charge in [0.1, 0.15) is 13.1 Å². The largest absolute Gasteiger partial charge is 1.00 e. The molecule has 0 aliphatic rings. The maximum Gasteiger partial charge on any atom is 0.102 e. The van der Waals surface area contributed by atoms with E-state index in [4.69, 9.17) is 10.2 Å². The summed E-state index contributed by atoms with van der Waals surface area (Å²) >= 11 is 0. The monoisotopic (exact) mass is 405 g/mol. The Labute approximate surface area is 176 Å². The Bertz CT molecular complexity index is 305. The second kappa shape index (κ2) is 22.2. The van der Waals surface area contributed by atoms with Gasteiger partial charge in [-0.25, -0.2) is 0 Å². The topological polar surface area (TPSA) is 40.5 Å². The second-order valence-electron chi connectivity index (χ2n) is 8.18. The third kappa shape index (κ3) is 20.5. The molecule has 0 amide bonds. The minimum atomic E-state index is 0. The number of hydrogen-bond donors (Lipinski definition) is 2. The molecule has 0 spiro atoms. The van der Waals surface area contributed by atoms with Crippen LogP contribution in [-0.2, 0) is 0 Å². The summed E-state index contributed by atoms with van der Waals surface area (Å²) < 4.78 is 0.802. The molecule has 0 aromatic rings. The second-order valence-corrected chi connectivity index (χ2v) is 8.18. The number of hydrogen-bond acceptors (Lipinski definition) is 2. The van der Waals surface area contributed by atoms with E-state index < -0.39 is 0 Å². The summed E-state index contributed by atoms with van der Waals surface area (Å²) in [5.74, 6) is 0. The number of unbranched alkanes of at least 4 members (excludes halogenated alkanes) is 12. The highest BCUT2D eigenvalue weighted by Crippen LogP contribution is 2.11. The lowest BCUT2D eigenvalue weighted by molar-refractivity contribution is -0.910. The van der Waals surface area contributed by atoms with Crippen molar-refractivity contribution >= 4 is 0 Å². The number of halogens is 1. The average molecular weight is 406 g/mol. The lowest BCUT2D eigenvalue weighted by Crippen LogP contribution is -3.00. The number of likely N-dealkylation sites (N-methyl/N-ethyl adjacent to an activating group) is 1. The Balaban J connectivity index is 0. The highest BCUT2D eigenvalue weighted by atomic mass is 35.5. The van der Waals surface area contributed by atoms with Gasteiger partial charge >= 0.3 is 0 Å². The van der Waals surface area contributed by atoms with Gasteiger partial charge in [0, 0.05) is 0 Å². The first-order valence-corrected chi connectivity index (χ1v) is 11.4. The molecule has 0 aliphatic heterocycles. The molecule has 0 fully saturated rings. The van der Waals surface area contributed by atoms with E-state index in [-0.39, 0.29) is 25.6 Å². The van der Waals surface area contributed by atoms with Crippen LogP contribution in [-0.4, -0.2) is 54.6 Å². The molecule has 0 bridgehead atoms. The third-order valence-electron chi connectivity index (χ3n) is 5.49. The van der Waals surface area contributed by atoms with Crippen molar-refractivity contribution in [2.75, 3.05) is 39.9 Å². The van der Waals surface area contributed by atoms with Crippen LogP contribution in [0.1, 0.15) is 96.8 Å². The summed E-state index contributed by atoms with van der Waals surface area (Å²) in [7, 11) is 2.14. The van der Waals surface area contributed by atoms with Gasteiger partial charge in [-0.2, -0.15) is 0 Å². The van der Waals surface area contributed by atoms with Crippen LogP contribution >= 0.6 is 0 Å². The number of quaternary nitrogens is 1. The summed E-state index contributed by atoms with van der Waals surface area (Å²) in [5.41, 5.74) is 0. The summed E-state index contributed by atoms with van der Waals surface area (Å²) in [6.45, 7) is 5.28. The molecular weight excluding hydrogens is 358 g/mol. The quantitative estimate of drug-likeness (QED) is 0.185. The van der Waals surface area contributed by atoms with Gasteiger partial charge in [-0.3, -0.25) is 0 Å². The summed E-state index contributed by atoms with van der Waals surface area (Å²) in [6.07, 6.45) is 23.5. The normalized spacial score (nSPS) is 11.9. The van der Waals surface area contributed by atoms with Crippen LogP contribution in [0.15, 0.2) is 12.2 Å². The van der Waals surface area contributed by atoms with E-state index in [9.17, 15) is 0 Å². The lowest BCUT2D eigenvalue weighted by Gasteiger charge is -2.33. The van der Waals surface area contributed by atoms with Crippen molar-refractivity contribution in [1.82, 2.24) is 0 Å². The third-order valence-corrected chi connectivity index (χ3v) is 5.49. The van der Waals surface area contributed by atoms with Crippen molar-refractivity contribution in [3.05, 3.63) is 12.2 Å². The average Bonchev–Trinajstić information content (AvgIpc) is 2.62. The maximum atomic E-state index is 9.16. The fourth-order valence-corrected chi connectivity index (χ4v) is 3.56. The number of rotatable bonds is 20. The Morgan fingerprint density at radius 3 is 1.44 bits per heavy atom. The van der Waals surface area contributed by atoms with E-state index in [1.807, 2.05) is 0 Å². The van der Waals surface area contributed by atoms with Crippen molar-refractivity contribution < 1.29 is 27.1 Å². The van der Waals surface area contributed by atoms with Crippen LogP contribution in [0.3, 0.4) is 0 Å². The van der Waals surface area contributed by atoms with E-state index in [0.29, 0.717) is 0 Å². The fourth-order valence-electron chi connectivity index (χ4n) is 3.56. The van der Waals surface area contributed by atoms with Gasteiger partial charge in [0.05, 0.1) is 26.8 Å². The Kier molecular flexibility index (Phi) is 23.9. The van der Waals surface area contributed by atoms with Gasteiger partial charge in [0.15, 0.2) is 0 Å². The van der Waals surface area contributed by atoms with E-state index in [2.05, 4.69) is 26.1 Å². The van der Waals surface area contributed by atoms with Gasteiger partial charge < -0.3 is 27.1 Å². The van der Waals surface area contributed by atoms with E-state index in [0.717, 1.165) is 24.1 Å². The van der Waals surface area contributed by atoms with Gasteiger partial charge in [-0.15, -0.1) is 0 Å². The molecule has 0 saturated carbocycles. The summed E-state index contributed by atoms with van der Waals surface area (Å²) in [6, 6.07) is 0. The van der Waals surface area contributed by atoms with Crippen molar-refractivity contribution in [2.24, 2.45) is 0 Å². The molecule has 27 heavy (non-hydrogen) atoms. The minimum absolute atomic E-state index is 0. The van der Waals surface area contributed by atoms with Crippen molar-refractivity contribution in [1.29, 1.82) is 0 Å². The zero-order valence-electron chi connectivity index (χ0n) is 18.3. The minimum Gasteiger partial charge on any atom is -1.00 e. The van der Waals surface area contributed by atoms with Crippen LogP contribution in [0.5, 0.6) is 0 Å². The predicted octanol–water partition coefficient (Wildman–Crippen LogP) is 2.46. The molecule has 164 valence electrons. The van der Waals surface area contributed by atoms with Crippen molar-refractivity contribution in [3.63, 3.8) is 0 Å². The highest BCUT2D eigenvalue weighted by Gasteiger charge is 2.19. The molecule has 0 aromatic heterocycles. The number of allylic oxidation sites excluding steroid dienone is 2. The van der Waals surface area contributed by atoms with Crippen molar-refractivity contribution in [3.8, 4) is 0 Å². The van der Waals surface area contributed by atoms with Crippen LogP contribution in [0.25, 0.3) is 0 Å². The van der Waals surface area contributed by atoms with Crippen LogP contribution < -0.4 is 12.4 Å². The number of aliphatic hydroxyl groups is 2. The van der Waals surface area contributed by atoms with Crippen LogP contribution in [0.4, 0.5) is 0 Å². The standard InChI is InChI=1S/C23H48NO2.ClH/c1-3-4-5-6-7-8-9-10-11-12-13-14-15-16-17-18-19-24(2,20-22-25)21-23-26;/h10-11,25-26H,3-9,12-23H2,1-2H3;1H/q+1;/p-1/b11-10+;. The first-order chi connectivity index (χ1) is 12.7. The molecule has 0 unspecified atom stereocenters. The summed E-state index contributed by atoms with van der Waals surface area (Å²) in [5, 5.41) is 18.3. The Hall–Kier alpha value is -0.0900. The Morgan fingerprint density at radius 1 is 0.593 bits per heavy atom. The first-order valence-electron chi connectivity index (χ1n) is 11.4. The van der Waals surface area contributed by atoms with Gasteiger partial charge in [0.2, 0.25) is 0 Å². The molecule has 0 atom stereocenters. The summed E-state index contributed by atoms with van der Waals surface area (Å²) in [4.78, 5) is 0. The molecule has 0 aromatic carbocycles. The SMILES string of the molecule is CCCCCCCC/C=C/CCCCCCCC[N+](C)(CCO)CCO.[Cl-].